The highest BCUT2D eigenvalue weighted by Gasteiger charge is 2.52. The van der Waals surface area contributed by atoms with Gasteiger partial charge in [0, 0.05) is 0 Å². The molecular formula is C25H19Cl2NO2P+. The van der Waals surface area contributed by atoms with Gasteiger partial charge in [-0.2, -0.15) is 0 Å². The molecule has 6 heteroatoms. The van der Waals surface area contributed by atoms with Crippen molar-refractivity contribution in [2.75, 3.05) is 0 Å². The van der Waals surface area contributed by atoms with E-state index in [1.165, 1.54) is 6.26 Å². The molecule has 4 aromatic rings. The number of carbonyl (C=O) groups is 1. The van der Waals surface area contributed by atoms with Crippen molar-refractivity contribution in [3.63, 3.8) is 0 Å². The predicted molar refractivity (Wildman–Crippen MR) is 130 cm³/mol. The van der Waals surface area contributed by atoms with Gasteiger partial charge in [0.15, 0.2) is 17.5 Å². The molecule has 0 saturated carbocycles. The maximum absolute atomic E-state index is 13.0. The van der Waals surface area contributed by atoms with Gasteiger partial charge < -0.3 is 4.42 Å². The number of halogens is 2. The van der Waals surface area contributed by atoms with Crippen molar-refractivity contribution >= 4 is 52.3 Å². The van der Waals surface area contributed by atoms with Crippen molar-refractivity contribution in [1.29, 1.82) is 0 Å². The van der Waals surface area contributed by atoms with Gasteiger partial charge in [-0.1, -0.05) is 77.8 Å². The molecular weight excluding hydrogens is 448 g/mol. The fourth-order valence-electron chi connectivity index (χ4n) is 3.62. The minimum Gasteiger partial charge on any atom is -0.459 e. The zero-order valence-electron chi connectivity index (χ0n) is 16.4. The Morgan fingerprint density at radius 2 is 1.13 bits per heavy atom. The third kappa shape index (κ3) is 4.18. The molecule has 1 heterocycles. The smallest absolute Gasteiger partial charge is 0.293 e. The zero-order chi connectivity index (χ0) is 21.7. The Balaban J connectivity index is 2.03. The molecule has 4 rings (SSSR count). The lowest BCUT2D eigenvalue weighted by atomic mass is 10.4. The van der Waals surface area contributed by atoms with Crippen LogP contribution in [-0.4, -0.2) is 5.91 Å². The SMILES string of the molecule is O=C(NC(=C(Cl)Cl)[P+](c1ccccc1)(c1ccccc1)c1ccccc1)c1ccco1. The number of hydrogen-bond acceptors (Lipinski definition) is 2. The van der Waals surface area contributed by atoms with Crippen LogP contribution in [0.2, 0.25) is 0 Å². The van der Waals surface area contributed by atoms with E-state index in [0.717, 1.165) is 15.9 Å². The summed E-state index contributed by atoms with van der Waals surface area (Å²) in [5.41, 5.74) is 0.459. The summed E-state index contributed by atoms with van der Waals surface area (Å²) >= 11 is 13.0. The fraction of sp³-hybridized carbons (Fsp3) is 0. The number of rotatable bonds is 6. The van der Waals surface area contributed by atoms with E-state index in [-0.39, 0.29) is 10.3 Å². The lowest BCUT2D eigenvalue weighted by Gasteiger charge is -2.29. The molecule has 154 valence electrons. The lowest BCUT2D eigenvalue weighted by molar-refractivity contribution is 0.0941. The van der Waals surface area contributed by atoms with Gasteiger partial charge in [0.05, 0.1) is 6.26 Å². The van der Waals surface area contributed by atoms with Gasteiger partial charge in [-0.05, 0) is 48.5 Å². The highest BCUT2D eigenvalue weighted by molar-refractivity contribution is 7.99. The molecule has 1 aromatic heterocycles. The molecule has 0 saturated heterocycles. The van der Waals surface area contributed by atoms with Crippen molar-refractivity contribution < 1.29 is 9.21 Å². The molecule has 3 aromatic carbocycles. The highest BCUT2D eigenvalue weighted by Crippen LogP contribution is 2.63. The molecule has 0 aliphatic rings. The summed E-state index contributed by atoms with van der Waals surface area (Å²) in [4.78, 5) is 13.0. The summed E-state index contributed by atoms with van der Waals surface area (Å²) in [5, 5.41) is 6.03. The first-order valence-electron chi connectivity index (χ1n) is 9.60. The van der Waals surface area contributed by atoms with E-state index >= 15 is 0 Å². The van der Waals surface area contributed by atoms with Crippen LogP contribution in [0.5, 0.6) is 0 Å². The normalized spacial score (nSPS) is 11.0. The number of furan rings is 1. The third-order valence-electron chi connectivity index (χ3n) is 4.92. The monoisotopic (exact) mass is 466 g/mol. The summed E-state index contributed by atoms with van der Waals surface area (Å²) in [7, 11) is -2.63. The van der Waals surface area contributed by atoms with Gasteiger partial charge in [-0.3, -0.25) is 10.1 Å². The van der Waals surface area contributed by atoms with Crippen molar-refractivity contribution in [2.45, 2.75) is 0 Å². The predicted octanol–water partition coefficient (Wildman–Crippen LogP) is 5.61. The molecule has 0 aliphatic heterocycles. The Morgan fingerprint density at radius 3 is 1.48 bits per heavy atom. The summed E-state index contributed by atoms with van der Waals surface area (Å²) in [6, 6.07) is 33.3. The second-order valence-corrected chi connectivity index (χ2v) is 11.0. The number of carbonyl (C=O) groups excluding carboxylic acids is 1. The topological polar surface area (TPSA) is 42.2 Å². The van der Waals surface area contributed by atoms with Crippen LogP contribution in [0.1, 0.15) is 10.6 Å². The van der Waals surface area contributed by atoms with E-state index in [4.69, 9.17) is 27.6 Å². The molecule has 0 aliphatic carbocycles. The first-order chi connectivity index (χ1) is 15.1. The molecule has 1 amide bonds. The van der Waals surface area contributed by atoms with Crippen molar-refractivity contribution in [3.05, 3.63) is 125 Å². The van der Waals surface area contributed by atoms with Crippen LogP contribution >= 0.6 is 30.5 Å². The van der Waals surface area contributed by atoms with Crippen LogP contribution < -0.4 is 21.2 Å². The van der Waals surface area contributed by atoms with Gasteiger partial charge in [-0.25, -0.2) is 0 Å². The van der Waals surface area contributed by atoms with E-state index in [1.807, 2.05) is 91.0 Å². The quantitative estimate of drug-likeness (QED) is 0.375. The molecule has 0 radical (unpaired) electrons. The fourth-order valence-corrected chi connectivity index (χ4v) is 8.53. The Morgan fingerprint density at radius 1 is 0.677 bits per heavy atom. The maximum Gasteiger partial charge on any atom is 0.293 e. The van der Waals surface area contributed by atoms with Gasteiger partial charge in [0.2, 0.25) is 5.44 Å². The molecule has 3 nitrogen and oxygen atoms in total. The summed E-state index contributed by atoms with van der Waals surface area (Å²) in [6.45, 7) is 0. The highest BCUT2D eigenvalue weighted by atomic mass is 35.5. The summed E-state index contributed by atoms with van der Waals surface area (Å²) in [6.07, 6.45) is 1.45. The van der Waals surface area contributed by atoms with Gasteiger partial charge >= 0.3 is 0 Å². The molecule has 0 atom stereocenters. The van der Waals surface area contributed by atoms with Crippen LogP contribution in [0.3, 0.4) is 0 Å². The van der Waals surface area contributed by atoms with Gasteiger partial charge in [-0.15, -0.1) is 0 Å². The number of nitrogens with one attached hydrogen (secondary N) is 1. The van der Waals surface area contributed by atoms with Gasteiger partial charge in [0.25, 0.3) is 5.91 Å². The molecule has 31 heavy (non-hydrogen) atoms. The second kappa shape index (κ2) is 9.53. The zero-order valence-corrected chi connectivity index (χ0v) is 18.8. The largest absolute Gasteiger partial charge is 0.459 e. The molecule has 1 N–H and O–H groups in total. The van der Waals surface area contributed by atoms with Gasteiger partial charge in [0.1, 0.15) is 15.9 Å². The number of benzene rings is 3. The van der Waals surface area contributed by atoms with E-state index in [9.17, 15) is 4.79 Å². The van der Waals surface area contributed by atoms with Crippen molar-refractivity contribution in [2.24, 2.45) is 0 Å². The average Bonchev–Trinajstić information content (AvgIpc) is 3.36. The third-order valence-corrected chi connectivity index (χ3v) is 9.79. The van der Waals surface area contributed by atoms with Crippen LogP contribution in [-0.2, 0) is 0 Å². The minimum absolute atomic E-state index is 0.00444. The summed E-state index contributed by atoms with van der Waals surface area (Å²) < 4.78 is 5.30. The van der Waals surface area contributed by atoms with Crippen LogP contribution in [0, 0.1) is 0 Å². The van der Waals surface area contributed by atoms with E-state index in [0.29, 0.717) is 5.44 Å². The second-order valence-electron chi connectivity index (χ2n) is 6.72. The number of amides is 1. The average molecular weight is 467 g/mol. The Kier molecular flexibility index (Phi) is 6.58. The maximum atomic E-state index is 13.0. The Hall–Kier alpha value is -2.84. The van der Waals surface area contributed by atoms with Crippen molar-refractivity contribution in [1.82, 2.24) is 5.32 Å². The summed E-state index contributed by atoms with van der Waals surface area (Å²) in [5.74, 6) is -0.231. The van der Waals surface area contributed by atoms with E-state index in [1.54, 1.807) is 12.1 Å². The Labute approximate surface area is 191 Å². The van der Waals surface area contributed by atoms with Crippen LogP contribution in [0.4, 0.5) is 0 Å². The van der Waals surface area contributed by atoms with Crippen molar-refractivity contribution in [3.8, 4) is 0 Å². The molecule has 0 fully saturated rings. The molecule has 0 unspecified atom stereocenters. The van der Waals surface area contributed by atoms with Crippen LogP contribution in [0.25, 0.3) is 0 Å². The van der Waals surface area contributed by atoms with E-state index < -0.39 is 13.2 Å². The standard InChI is InChI=1S/C25H18Cl2NO2P/c26-23(27)25(28-24(29)22-17-10-18-30-22)31(19-11-4-1-5-12-19,20-13-6-2-7-14-20)21-15-8-3-9-16-21/h1-18H/p+1. The minimum atomic E-state index is -2.63. The molecule has 0 spiro atoms. The number of hydrogen-bond donors (Lipinski definition) is 1. The molecule has 0 bridgehead atoms. The van der Waals surface area contributed by atoms with Crippen LogP contribution in [0.15, 0.2) is 124 Å². The lowest BCUT2D eigenvalue weighted by Crippen LogP contribution is -2.38. The first-order valence-corrected chi connectivity index (χ1v) is 12.1. The first kappa shape index (κ1) is 21.4. The van der Waals surface area contributed by atoms with E-state index in [2.05, 4.69) is 5.32 Å². The Bertz CT molecular complexity index is 1080.